The van der Waals surface area contributed by atoms with Gasteiger partial charge in [0.25, 0.3) is 0 Å². The van der Waals surface area contributed by atoms with Gasteiger partial charge in [0.2, 0.25) is 0 Å². The minimum Gasteiger partial charge on any atom is -0.480 e. The van der Waals surface area contributed by atoms with Gasteiger partial charge in [0.05, 0.1) is 0 Å². The van der Waals surface area contributed by atoms with Crippen molar-refractivity contribution < 1.29 is 11.3 Å². The number of carboxylic acid groups (broad SMARTS) is 1. The summed E-state index contributed by atoms with van der Waals surface area (Å²) in [6.45, 7) is 0.604. The Balaban J connectivity index is 0. The summed E-state index contributed by atoms with van der Waals surface area (Å²) in [4.78, 5) is 10.1. The lowest BCUT2D eigenvalue weighted by molar-refractivity contribution is -0.138. The summed E-state index contributed by atoms with van der Waals surface area (Å²) in [6.07, 6.45) is 2.16. The van der Waals surface area contributed by atoms with Gasteiger partial charge in [-0.2, -0.15) is 0 Å². The topological polar surface area (TPSA) is 89.3 Å². The predicted molar refractivity (Wildman–Crippen MR) is 39.6 cm³/mol. The van der Waals surface area contributed by atoms with Gasteiger partial charge in [0, 0.05) is 1.43 Å². The highest BCUT2D eigenvalue weighted by molar-refractivity contribution is 5.72. The molecule has 0 aromatic heterocycles. The van der Waals surface area contributed by atoms with Crippen LogP contribution in [0, 0.1) is 0 Å². The first-order chi connectivity index (χ1) is 4.68. The Hall–Kier alpha value is -0.610. The summed E-state index contributed by atoms with van der Waals surface area (Å²) >= 11 is 0. The van der Waals surface area contributed by atoms with Crippen LogP contribution in [0.4, 0.5) is 0 Å². The van der Waals surface area contributed by atoms with Gasteiger partial charge in [-0.15, -0.1) is 0 Å². The molecule has 0 saturated heterocycles. The van der Waals surface area contributed by atoms with Crippen LogP contribution in [0.3, 0.4) is 0 Å². The van der Waals surface area contributed by atoms with E-state index in [1.807, 2.05) is 0 Å². The number of carboxylic acids is 1. The quantitative estimate of drug-likeness (QED) is 0.464. The maximum absolute atomic E-state index is 10.1. The first-order valence-corrected chi connectivity index (χ1v) is 3.37. The highest BCUT2D eigenvalue weighted by atomic mass is 16.4. The summed E-state index contributed by atoms with van der Waals surface area (Å²) in [6, 6.07) is -0.716. The number of carbonyl (C=O) groups is 1. The Bertz CT molecular complexity index is 111. The monoisotopic (exact) mass is 148 g/mol. The molecule has 4 heteroatoms. The summed E-state index contributed by atoms with van der Waals surface area (Å²) in [5, 5.41) is 8.33. The van der Waals surface area contributed by atoms with Crippen LogP contribution in [0.5, 0.6) is 0 Å². The summed E-state index contributed by atoms with van der Waals surface area (Å²) in [7, 11) is 0. The number of rotatable bonds is 5. The highest BCUT2D eigenvalue weighted by Crippen LogP contribution is 1.96. The summed E-state index contributed by atoms with van der Waals surface area (Å²) in [5.74, 6) is -0.933. The SMILES string of the molecule is NCCCCC(N)C(=O)O.[2H]. The molecule has 5 N–H and O–H groups in total. The molecule has 4 nitrogen and oxygen atoms in total. The fourth-order valence-corrected chi connectivity index (χ4v) is 0.632. The van der Waals surface area contributed by atoms with Crippen LogP contribution in [0.15, 0.2) is 0 Å². The third kappa shape index (κ3) is 4.29. The summed E-state index contributed by atoms with van der Waals surface area (Å²) < 4.78 is 0. The van der Waals surface area contributed by atoms with E-state index in [0.29, 0.717) is 13.0 Å². The number of hydrogen-bond acceptors (Lipinski definition) is 3. The van der Waals surface area contributed by atoms with Crippen molar-refractivity contribution in [2.75, 3.05) is 6.54 Å². The van der Waals surface area contributed by atoms with Crippen molar-refractivity contribution in [2.24, 2.45) is 11.5 Å². The van der Waals surface area contributed by atoms with Crippen LogP contribution >= 0.6 is 0 Å². The van der Waals surface area contributed by atoms with Crippen LogP contribution in [0.25, 0.3) is 0 Å². The molecule has 0 aliphatic carbocycles. The zero-order valence-corrected chi connectivity index (χ0v) is 5.92. The molecule has 0 spiro atoms. The van der Waals surface area contributed by atoms with Crippen LogP contribution in [0.2, 0.25) is 0 Å². The van der Waals surface area contributed by atoms with Crippen molar-refractivity contribution in [3.8, 4) is 0 Å². The molecule has 0 rings (SSSR count). The van der Waals surface area contributed by atoms with E-state index >= 15 is 0 Å². The molecule has 1 radical (unpaired) electrons. The molecular formula is C6H15N2O2. The van der Waals surface area contributed by atoms with Crippen LogP contribution in [0.1, 0.15) is 20.7 Å². The average Bonchev–Trinajstić information content (AvgIpc) is 1.88. The number of nitrogens with two attached hydrogens (primary N) is 2. The van der Waals surface area contributed by atoms with E-state index in [1.165, 1.54) is 0 Å². The van der Waals surface area contributed by atoms with Gasteiger partial charge < -0.3 is 16.6 Å². The number of unbranched alkanes of at least 4 members (excludes halogenated alkanes) is 1. The molecule has 0 heterocycles. The fourth-order valence-electron chi connectivity index (χ4n) is 0.632. The van der Waals surface area contributed by atoms with E-state index in [-0.39, 0.29) is 1.43 Å². The second-order valence-corrected chi connectivity index (χ2v) is 2.23. The van der Waals surface area contributed by atoms with Crippen molar-refractivity contribution in [3.63, 3.8) is 0 Å². The number of aliphatic carboxylic acids is 1. The van der Waals surface area contributed by atoms with E-state index in [4.69, 9.17) is 16.6 Å². The van der Waals surface area contributed by atoms with E-state index in [0.717, 1.165) is 12.8 Å². The lowest BCUT2D eigenvalue weighted by Crippen LogP contribution is -2.29. The molecule has 0 aliphatic heterocycles. The van der Waals surface area contributed by atoms with Gasteiger partial charge in [0.1, 0.15) is 6.04 Å². The van der Waals surface area contributed by atoms with Gasteiger partial charge >= 0.3 is 5.97 Å². The van der Waals surface area contributed by atoms with Crippen LogP contribution in [-0.2, 0) is 4.79 Å². The molecule has 1 unspecified atom stereocenters. The Morgan fingerprint density at radius 1 is 1.60 bits per heavy atom. The third-order valence-electron chi connectivity index (χ3n) is 1.29. The summed E-state index contributed by atoms with van der Waals surface area (Å²) in [5.41, 5.74) is 10.4. The molecule has 0 saturated carbocycles. The normalized spacial score (nSPS) is 13.0. The molecule has 0 aromatic rings. The smallest absolute Gasteiger partial charge is 0.320 e. The average molecular weight is 148 g/mol. The maximum atomic E-state index is 10.1. The van der Waals surface area contributed by atoms with Crippen molar-refractivity contribution in [2.45, 2.75) is 25.3 Å². The maximum Gasteiger partial charge on any atom is 0.320 e. The molecule has 0 aliphatic rings. The van der Waals surface area contributed by atoms with Crippen molar-refractivity contribution in [1.82, 2.24) is 0 Å². The number of hydrogen-bond donors (Lipinski definition) is 3. The standard InChI is InChI=1S/C6H14N2O2.H/c7-4-2-1-3-5(8)6(9)10;/h5H,1-4,7-8H2,(H,9,10);/i;1+1. The van der Waals surface area contributed by atoms with E-state index in [2.05, 4.69) is 0 Å². The Morgan fingerprint density at radius 2 is 2.20 bits per heavy atom. The van der Waals surface area contributed by atoms with Gasteiger partial charge in [-0.05, 0) is 19.4 Å². The lowest BCUT2D eigenvalue weighted by atomic mass is 10.1. The first kappa shape index (κ1) is 9.39. The van der Waals surface area contributed by atoms with E-state index in [1.54, 1.807) is 0 Å². The molecule has 0 bridgehead atoms. The van der Waals surface area contributed by atoms with Crippen molar-refractivity contribution >= 4 is 5.97 Å². The second kappa shape index (κ2) is 5.20. The fraction of sp³-hybridized carbons (Fsp3) is 0.833. The minimum atomic E-state index is -0.933. The van der Waals surface area contributed by atoms with Crippen molar-refractivity contribution in [1.29, 1.82) is 0 Å². The van der Waals surface area contributed by atoms with E-state index in [9.17, 15) is 4.79 Å². The van der Waals surface area contributed by atoms with E-state index < -0.39 is 12.0 Å². The van der Waals surface area contributed by atoms with Crippen LogP contribution in [-0.4, -0.2) is 23.7 Å². The predicted octanol–water partition coefficient (Wildman–Crippen LogP) is -0.360. The Morgan fingerprint density at radius 3 is 2.60 bits per heavy atom. The Labute approximate surface area is 61.7 Å². The van der Waals surface area contributed by atoms with Gasteiger partial charge in [-0.25, -0.2) is 0 Å². The molecular weight excluding hydrogens is 132 g/mol. The van der Waals surface area contributed by atoms with Gasteiger partial charge in [-0.1, -0.05) is 6.42 Å². The molecule has 0 aromatic carbocycles. The molecule has 0 fully saturated rings. The molecule has 0 amide bonds. The van der Waals surface area contributed by atoms with Crippen molar-refractivity contribution in [3.05, 3.63) is 0 Å². The van der Waals surface area contributed by atoms with Gasteiger partial charge in [0.15, 0.2) is 0 Å². The van der Waals surface area contributed by atoms with Gasteiger partial charge in [-0.3, -0.25) is 4.79 Å². The zero-order chi connectivity index (χ0) is 7.98. The first-order valence-electron chi connectivity index (χ1n) is 3.37. The Kier molecular flexibility index (Phi) is 4.88. The van der Waals surface area contributed by atoms with Crippen LogP contribution < -0.4 is 11.5 Å². The largest absolute Gasteiger partial charge is 0.480 e. The second-order valence-electron chi connectivity index (χ2n) is 2.23. The zero-order valence-electron chi connectivity index (χ0n) is 6.92. The third-order valence-corrected chi connectivity index (χ3v) is 1.29. The highest BCUT2D eigenvalue weighted by Gasteiger charge is 2.09. The molecule has 10 heavy (non-hydrogen) atoms. The lowest BCUT2D eigenvalue weighted by Gasteiger charge is -2.03. The molecule has 1 atom stereocenters. The minimum absolute atomic E-state index is 0. The molecule has 61 valence electrons.